The molecule has 1 saturated heterocycles. The van der Waals surface area contributed by atoms with Crippen molar-refractivity contribution in [3.05, 3.63) is 48.3 Å². The Hall–Kier alpha value is -3.75. The summed E-state index contributed by atoms with van der Waals surface area (Å²) >= 11 is 0. The molecule has 1 fully saturated rings. The number of benzene rings is 1. The maximum atomic E-state index is 13.0. The summed E-state index contributed by atoms with van der Waals surface area (Å²) in [5.41, 5.74) is 1.81. The van der Waals surface area contributed by atoms with Crippen LogP contribution in [0.4, 0.5) is 5.82 Å². The van der Waals surface area contributed by atoms with Gasteiger partial charge in [0.1, 0.15) is 11.5 Å². The normalized spacial score (nSPS) is 13.8. The van der Waals surface area contributed by atoms with Gasteiger partial charge in [0.15, 0.2) is 11.5 Å². The van der Waals surface area contributed by atoms with Gasteiger partial charge in [-0.05, 0) is 30.3 Å². The third kappa shape index (κ3) is 4.11. The number of anilines is 1. The van der Waals surface area contributed by atoms with Crippen LogP contribution in [0.5, 0.6) is 17.2 Å². The van der Waals surface area contributed by atoms with Gasteiger partial charge in [-0.25, -0.2) is 4.98 Å². The summed E-state index contributed by atoms with van der Waals surface area (Å²) in [6.07, 6.45) is 1.78. The number of piperazine rings is 1. The van der Waals surface area contributed by atoms with Crippen LogP contribution >= 0.6 is 0 Å². The fourth-order valence-electron chi connectivity index (χ4n) is 3.66. The molecule has 1 aliphatic heterocycles. The maximum Gasteiger partial charge on any atom is 0.272 e. The van der Waals surface area contributed by atoms with E-state index < -0.39 is 0 Å². The van der Waals surface area contributed by atoms with E-state index in [1.54, 1.807) is 45.7 Å². The molecule has 4 rings (SSSR count). The van der Waals surface area contributed by atoms with Crippen LogP contribution in [0.25, 0.3) is 11.3 Å². The summed E-state index contributed by atoms with van der Waals surface area (Å²) < 4.78 is 16.2. The summed E-state index contributed by atoms with van der Waals surface area (Å²) in [5, 5.41) is 7.19. The Morgan fingerprint density at radius 3 is 2.26 bits per heavy atom. The molecule has 0 unspecified atom stereocenters. The first-order valence-electron chi connectivity index (χ1n) is 9.95. The average molecular weight is 423 g/mol. The number of nitrogens with one attached hydrogen (secondary N) is 1. The first kappa shape index (κ1) is 20.5. The van der Waals surface area contributed by atoms with Gasteiger partial charge >= 0.3 is 0 Å². The third-order valence-electron chi connectivity index (χ3n) is 5.31. The van der Waals surface area contributed by atoms with Gasteiger partial charge in [-0.2, -0.15) is 5.10 Å². The molecule has 0 aliphatic carbocycles. The number of rotatable bonds is 6. The zero-order valence-corrected chi connectivity index (χ0v) is 17.8. The van der Waals surface area contributed by atoms with Crippen LogP contribution in [-0.2, 0) is 0 Å². The number of hydrogen-bond acceptors (Lipinski definition) is 7. The van der Waals surface area contributed by atoms with E-state index in [1.807, 2.05) is 23.1 Å². The molecule has 1 N–H and O–H groups in total. The number of H-pyrrole nitrogens is 1. The standard InChI is InChI=1S/C22H25N5O4/c1-29-18-12-15(13-19(30-2)21(18)31-3)16-14-17(25-24-16)22(28)27-10-8-26(9-11-27)20-6-4-5-7-23-20/h4-7,12-14H,8-11H2,1-3H3,(H,24,25). The van der Waals surface area contributed by atoms with Crippen LogP contribution in [-0.4, -0.2) is 73.5 Å². The molecule has 3 aromatic rings. The lowest BCUT2D eigenvalue weighted by Gasteiger charge is -2.35. The number of pyridine rings is 1. The molecule has 0 saturated carbocycles. The van der Waals surface area contributed by atoms with Crippen molar-refractivity contribution in [3.8, 4) is 28.5 Å². The van der Waals surface area contributed by atoms with Crippen LogP contribution in [0.2, 0.25) is 0 Å². The lowest BCUT2D eigenvalue weighted by Crippen LogP contribution is -2.49. The SMILES string of the molecule is COc1cc(-c2cc(C(=O)N3CCN(c4ccccn4)CC3)[nH]n2)cc(OC)c1OC. The summed E-state index contributed by atoms with van der Waals surface area (Å²) in [6, 6.07) is 11.2. The number of hydrogen-bond donors (Lipinski definition) is 1. The molecule has 3 heterocycles. The average Bonchev–Trinajstić information content (AvgIpc) is 3.33. The van der Waals surface area contributed by atoms with Gasteiger partial charge in [-0.1, -0.05) is 6.07 Å². The lowest BCUT2D eigenvalue weighted by atomic mass is 10.1. The van der Waals surface area contributed by atoms with Crippen LogP contribution < -0.4 is 19.1 Å². The van der Waals surface area contributed by atoms with Gasteiger partial charge in [0.25, 0.3) is 5.91 Å². The molecule has 0 bridgehead atoms. The van der Waals surface area contributed by atoms with E-state index in [2.05, 4.69) is 20.1 Å². The fraction of sp³-hybridized carbons (Fsp3) is 0.318. The molecule has 31 heavy (non-hydrogen) atoms. The summed E-state index contributed by atoms with van der Waals surface area (Å²) in [6.45, 7) is 2.70. The van der Waals surface area contributed by atoms with E-state index in [4.69, 9.17) is 14.2 Å². The monoisotopic (exact) mass is 423 g/mol. The van der Waals surface area contributed by atoms with Gasteiger partial charge < -0.3 is 24.0 Å². The number of nitrogens with zero attached hydrogens (tertiary/aromatic N) is 4. The second kappa shape index (κ2) is 8.95. The van der Waals surface area contributed by atoms with Crippen LogP contribution in [0.1, 0.15) is 10.5 Å². The third-order valence-corrected chi connectivity index (χ3v) is 5.31. The van der Waals surface area contributed by atoms with Crippen LogP contribution in [0.3, 0.4) is 0 Å². The first-order chi connectivity index (χ1) is 15.1. The smallest absolute Gasteiger partial charge is 0.272 e. The van der Waals surface area contributed by atoms with Crippen molar-refractivity contribution in [2.45, 2.75) is 0 Å². The summed E-state index contributed by atoms with van der Waals surface area (Å²) in [4.78, 5) is 21.4. The Morgan fingerprint density at radius 2 is 1.68 bits per heavy atom. The minimum Gasteiger partial charge on any atom is -0.493 e. The van der Waals surface area contributed by atoms with Crippen molar-refractivity contribution >= 4 is 11.7 Å². The number of methoxy groups -OCH3 is 3. The van der Waals surface area contributed by atoms with E-state index in [9.17, 15) is 4.79 Å². The Balaban J connectivity index is 1.49. The molecular formula is C22H25N5O4. The quantitative estimate of drug-likeness (QED) is 0.651. The Kier molecular flexibility index (Phi) is 5.92. The van der Waals surface area contributed by atoms with Crippen molar-refractivity contribution in [2.75, 3.05) is 52.4 Å². The number of carbonyl (C=O) groups excluding carboxylic acids is 1. The lowest BCUT2D eigenvalue weighted by molar-refractivity contribution is 0.0740. The van der Waals surface area contributed by atoms with Crippen molar-refractivity contribution in [1.29, 1.82) is 0 Å². The van der Waals surface area contributed by atoms with Crippen LogP contribution in [0, 0.1) is 0 Å². The molecule has 0 atom stereocenters. The largest absolute Gasteiger partial charge is 0.493 e. The highest BCUT2D eigenvalue weighted by Crippen LogP contribution is 2.40. The first-order valence-corrected chi connectivity index (χ1v) is 9.95. The Bertz CT molecular complexity index is 1020. The zero-order valence-electron chi connectivity index (χ0n) is 17.8. The van der Waals surface area contributed by atoms with E-state index in [0.717, 1.165) is 24.5 Å². The Morgan fingerprint density at radius 1 is 0.968 bits per heavy atom. The van der Waals surface area contributed by atoms with Gasteiger partial charge in [0.05, 0.1) is 27.0 Å². The molecule has 9 heteroatoms. The van der Waals surface area contributed by atoms with E-state index in [1.165, 1.54) is 0 Å². The minimum atomic E-state index is -0.0770. The van der Waals surface area contributed by atoms with Gasteiger partial charge in [0.2, 0.25) is 5.75 Å². The second-order valence-electron chi connectivity index (χ2n) is 7.05. The van der Waals surface area contributed by atoms with Crippen molar-refractivity contribution in [1.82, 2.24) is 20.1 Å². The zero-order chi connectivity index (χ0) is 21.8. The molecule has 1 amide bonds. The predicted octanol–water partition coefficient (Wildman–Crippen LogP) is 2.46. The van der Waals surface area contributed by atoms with E-state index in [0.29, 0.717) is 41.7 Å². The highest BCUT2D eigenvalue weighted by molar-refractivity contribution is 5.93. The van der Waals surface area contributed by atoms with Crippen molar-refractivity contribution in [3.63, 3.8) is 0 Å². The van der Waals surface area contributed by atoms with Crippen LogP contribution in [0.15, 0.2) is 42.6 Å². The van der Waals surface area contributed by atoms with Gasteiger partial charge in [0, 0.05) is 37.9 Å². The van der Waals surface area contributed by atoms with E-state index >= 15 is 0 Å². The number of aromatic amines is 1. The number of ether oxygens (including phenoxy) is 3. The molecule has 9 nitrogen and oxygen atoms in total. The summed E-state index contributed by atoms with van der Waals surface area (Å²) in [7, 11) is 4.68. The number of amides is 1. The number of aromatic nitrogens is 3. The molecule has 2 aromatic heterocycles. The Labute approximate surface area is 180 Å². The molecule has 1 aliphatic rings. The fourth-order valence-corrected chi connectivity index (χ4v) is 3.66. The number of carbonyl (C=O) groups is 1. The molecule has 0 radical (unpaired) electrons. The van der Waals surface area contributed by atoms with E-state index in [-0.39, 0.29) is 5.91 Å². The van der Waals surface area contributed by atoms with Gasteiger partial charge in [-0.3, -0.25) is 9.89 Å². The van der Waals surface area contributed by atoms with Gasteiger partial charge in [-0.15, -0.1) is 0 Å². The molecule has 0 spiro atoms. The minimum absolute atomic E-state index is 0.0770. The molecule has 162 valence electrons. The predicted molar refractivity (Wildman–Crippen MR) is 116 cm³/mol. The highest BCUT2D eigenvalue weighted by atomic mass is 16.5. The molecular weight excluding hydrogens is 398 g/mol. The second-order valence-corrected chi connectivity index (χ2v) is 7.05. The van der Waals surface area contributed by atoms with Crippen molar-refractivity contribution < 1.29 is 19.0 Å². The maximum absolute atomic E-state index is 13.0. The summed E-state index contributed by atoms with van der Waals surface area (Å²) in [5.74, 6) is 2.41. The van der Waals surface area contributed by atoms with Crippen molar-refractivity contribution in [2.24, 2.45) is 0 Å². The molecule has 1 aromatic carbocycles. The topological polar surface area (TPSA) is 92.8 Å². The highest BCUT2D eigenvalue weighted by Gasteiger charge is 2.24.